The van der Waals surface area contributed by atoms with Crippen molar-refractivity contribution >= 4 is 15.8 Å². The first kappa shape index (κ1) is 14.8. The maximum absolute atomic E-state index is 11.8. The average Bonchev–Trinajstić information content (AvgIpc) is 2.20. The molecule has 0 aliphatic heterocycles. The van der Waals surface area contributed by atoms with Crippen molar-refractivity contribution < 1.29 is 13.5 Å². The fraction of sp³-hybridized carbons (Fsp3) is 0.583. The van der Waals surface area contributed by atoms with Crippen LogP contribution < -0.4 is 4.72 Å². The van der Waals surface area contributed by atoms with Gasteiger partial charge in [-0.1, -0.05) is 20.8 Å². The SMILES string of the molecule is Cc1ccc(O)c(NS(=O)(=O)CCC(C)(C)C)n1. The molecule has 6 heteroatoms. The van der Waals surface area contributed by atoms with Crippen molar-refractivity contribution in [2.24, 2.45) is 5.41 Å². The molecule has 1 rings (SSSR count). The second kappa shape index (κ2) is 5.14. The van der Waals surface area contributed by atoms with E-state index in [9.17, 15) is 13.5 Å². The summed E-state index contributed by atoms with van der Waals surface area (Å²) >= 11 is 0. The summed E-state index contributed by atoms with van der Waals surface area (Å²) in [4.78, 5) is 3.96. The number of pyridine rings is 1. The summed E-state index contributed by atoms with van der Waals surface area (Å²) in [5.74, 6) is -0.171. The van der Waals surface area contributed by atoms with Gasteiger partial charge in [-0.3, -0.25) is 4.72 Å². The van der Waals surface area contributed by atoms with Crippen LogP contribution in [0.5, 0.6) is 5.75 Å². The van der Waals surface area contributed by atoms with Gasteiger partial charge < -0.3 is 5.11 Å². The number of anilines is 1. The minimum absolute atomic E-state index is 0.00552. The molecule has 0 saturated carbocycles. The monoisotopic (exact) mass is 272 g/mol. The van der Waals surface area contributed by atoms with Crippen LogP contribution in [0.4, 0.5) is 5.82 Å². The van der Waals surface area contributed by atoms with E-state index in [1.54, 1.807) is 13.0 Å². The molecular formula is C12H20N2O3S. The predicted molar refractivity (Wildman–Crippen MR) is 72.1 cm³/mol. The molecular weight excluding hydrogens is 252 g/mol. The van der Waals surface area contributed by atoms with Gasteiger partial charge >= 0.3 is 0 Å². The Hall–Kier alpha value is -1.30. The van der Waals surface area contributed by atoms with Gasteiger partial charge in [-0.25, -0.2) is 13.4 Å². The van der Waals surface area contributed by atoms with E-state index in [0.717, 1.165) is 0 Å². The lowest BCUT2D eigenvalue weighted by atomic mass is 9.94. The van der Waals surface area contributed by atoms with Crippen LogP contribution >= 0.6 is 0 Å². The fourth-order valence-electron chi connectivity index (χ4n) is 1.26. The lowest BCUT2D eigenvalue weighted by Crippen LogP contribution is -2.21. The van der Waals surface area contributed by atoms with Crippen LogP contribution in [-0.2, 0) is 10.0 Å². The highest BCUT2D eigenvalue weighted by molar-refractivity contribution is 7.92. The number of nitrogens with one attached hydrogen (secondary N) is 1. The first-order valence-electron chi connectivity index (χ1n) is 5.76. The molecule has 0 atom stereocenters. The summed E-state index contributed by atoms with van der Waals surface area (Å²) in [6, 6.07) is 3.03. The Morgan fingerprint density at radius 2 is 1.94 bits per heavy atom. The molecule has 0 saturated heterocycles. The molecule has 18 heavy (non-hydrogen) atoms. The number of sulfonamides is 1. The molecule has 5 nitrogen and oxygen atoms in total. The molecule has 2 N–H and O–H groups in total. The van der Waals surface area contributed by atoms with Crippen molar-refractivity contribution in [3.05, 3.63) is 17.8 Å². The van der Waals surface area contributed by atoms with Crippen LogP contribution in [0.3, 0.4) is 0 Å². The van der Waals surface area contributed by atoms with Crippen molar-refractivity contribution in [3.8, 4) is 5.75 Å². The summed E-state index contributed by atoms with van der Waals surface area (Å²) < 4.78 is 26.0. The predicted octanol–water partition coefficient (Wildman–Crippen LogP) is 2.27. The molecule has 0 unspecified atom stereocenters. The van der Waals surface area contributed by atoms with Gasteiger partial charge in [0.1, 0.15) is 0 Å². The third-order valence-corrected chi connectivity index (χ3v) is 3.63. The van der Waals surface area contributed by atoms with Gasteiger partial charge in [0.15, 0.2) is 11.6 Å². The standard InChI is InChI=1S/C12H20N2O3S/c1-9-5-6-10(15)11(13-9)14-18(16,17)8-7-12(2,3)4/h5-6,15H,7-8H2,1-4H3,(H,13,14). The Morgan fingerprint density at radius 1 is 1.33 bits per heavy atom. The van der Waals surface area contributed by atoms with Crippen LogP contribution in [-0.4, -0.2) is 24.3 Å². The van der Waals surface area contributed by atoms with Gasteiger partial charge in [-0.2, -0.15) is 0 Å². The van der Waals surface area contributed by atoms with Crippen LogP contribution in [0.15, 0.2) is 12.1 Å². The van der Waals surface area contributed by atoms with Gasteiger partial charge in [-0.15, -0.1) is 0 Å². The highest BCUT2D eigenvalue weighted by Gasteiger charge is 2.19. The Morgan fingerprint density at radius 3 is 2.50 bits per heavy atom. The van der Waals surface area contributed by atoms with E-state index in [0.29, 0.717) is 12.1 Å². The average molecular weight is 272 g/mol. The lowest BCUT2D eigenvalue weighted by Gasteiger charge is -2.18. The minimum Gasteiger partial charge on any atom is -0.504 e. The van der Waals surface area contributed by atoms with Crippen molar-refractivity contribution in [2.75, 3.05) is 10.5 Å². The largest absolute Gasteiger partial charge is 0.504 e. The van der Waals surface area contributed by atoms with E-state index in [4.69, 9.17) is 0 Å². The molecule has 0 fully saturated rings. The molecule has 1 aromatic heterocycles. The quantitative estimate of drug-likeness (QED) is 0.881. The Labute approximate surface area is 108 Å². The summed E-state index contributed by atoms with van der Waals surface area (Å²) in [6.07, 6.45) is 0.537. The normalized spacial score (nSPS) is 12.4. The maximum Gasteiger partial charge on any atom is 0.233 e. The number of aromatic hydroxyl groups is 1. The molecule has 1 heterocycles. The third kappa shape index (κ3) is 4.91. The van der Waals surface area contributed by atoms with Gasteiger partial charge in [-0.05, 0) is 30.9 Å². The summed E-state index contributed by atoms with van der Waals surface area (Å²) in [5, 5.41) is 9.54. The zero-order valence-corrected chi connectivity index (χ0v) is 12.0. The Balaban J connectivity index is 2.80. The highest BCUT2D eigenvalue weighted by Crippen LogP contribution is 2.23. The van der Waals surface area contributed by atoms with E-state index in [-0.39, 0.29) is 22.7 Å². The summed E-state index contributed by atoms with van der Waals surface area (Å²) in [5.41, 5.74) is 0.581. The summed E-state index contributed by atoms with van der Waals surface area (Å²) in [7, 11) is -3.48. The van der Waals surface area contributed by atoms with Gasteiger partial charge in [0.25, 0.3) is 0 Å². The molecule has 102 valence electrons. The molecule has 0 bridgehead atoms. The van der Waals surface area contributed by atoms with Gasteiger partial charge in [0.2, 0.25) is 10.0 Å². The van der Waals surface area contributed by atoms with Crippen molar-refractivity contribution in [3.63, 3.8) is 0 Å². The molecule has 0 spiro atoms. The molecule has 0 aliphatic carbocycles. The number of aromatic nitrogens is 1. The summed E-state index contributed by atoms with van der Waals surface area (Å²) in [6.45, 7) is 7.66. The minimum atomic E-state index is -3.48. The van der Waals surface area contributed by atoms with E-state index in [2.05, 4.69) is 9.71 Å². The molecule has 0 radical (unpaired) electrons. The first-order chi connectivity index (χ1) is 8.09. The second-order valence-electron chi connectivity index (χ2n) is 5.55. The van der Waals surface area contributed by atoms with Crippen molar-refractivity contribution in [2.45, 2.75) is 34.1 Å². The van der Waals surface area contributed by atoms with Crippen LogP contribution in [0.25, 0.3) is 0 Å². The van der Waals surface area contributed by atoms with E-state index in [1.165, 1.54) is 6.07 Å². The van der Waals surface area contributed by atoms with Crippen LogP contribution in [0.2, 0.25) is 0 Å². The topological polar surface area (TPSA) is 79.3 Å². The fourth-order valence-corrected chi connectivity index (χ4v) is 2.69. The highest BCUT2D eigenvalue weighted by atomic mass is 32.2. The second-order valence-corrected chi connectivity index (χ2v) is 7.39. The maximum atomic E-state index is 11.8. The van der Waals surface area contributed by atoms with Crippen molar-refractivity contribution in [1.82, 2.24) is 4.98 Å². The Kier molecular flexibility index (Phi) is 4.21. The number of rotatable bonds is 4. The molecule has 0 aromatic carbocycles. The molecule has 0 aliphatic rings. The van der Waals surface area contributed by atoms with Gasteiger partial charge in [0, 0.05) is 5.69 Å². The zero-order valence-electron chi connectivity index (χ0n) is 11.2. The Bertz CT molecular complexity index is 519. The van der Waals surface area contributed by atoms with E-state index >= 15 is 0 Å². The van der Waals surface area contributed by atoms with E-state index in [1.807, 2.05) is 20.8 Å². The van der Waals surface area contributed by atoms with Crippen LogP contribution in [0, 0.1) is 12.3 Å². The zero-order chi connectivity index (χ0) is 14.0. The first-order valence-corrected chi connectivity index (χ1v) is 7.41. The van der Waals surface area contributed by atoms with Gasteiger partial charge in [0.05, 0.1) is 5.75 Å². The van der Waals surface area contributed by atoms with Crippen molar-refractivity contribution in [1.29, 1.82) is 0 Å². The third-order valence-electron chi connectivity index (χ3n) is 2.39. The van der Waals surface area contributed by atoms with E-state index < -0.39 is 10.0 Å². The van der Waals surface area contributed by atoms with Crippen LogP contribution in [0.1, 0.15) is 32.9 Å². The smallest absolute Gasteiger partial charge is 0.233 e. The number of aryl methyl sites for hydroxylation is 1. The number of hydrogen-bond donors (Lipinski definition) is 2. The molecule has 0 amide bonds. The lowest BCUT2D eigenvalue weighted by molar-refractivity contribution is 0.397. The number of hydrogen-bond acceptors (Lipinski definition) is 4. The number of nitrogens with zero attached hydrogens (tertiary/aromatic N) is 1. The molecule has 1 aromatic rings.